The van der Waals surface area contributed by atoms with Gasteiger partial charge < -0.3 is 5.73 Å². The van der Waals surface area contributed by atoms with E-state index in [9.17, 15) is 14.0 Å². The maximum Gasteiger partial charge on any atom is 0.145 e. The van der Waals surface area contributed by atoms with Gasteiger partial charge in [0.25, 0.3) is 0 Å². The summed E-state index contributed by atoms with van der Waals surface area (Å²) in [7, 11) is 0. The SMILES string of the molecule is Cc1ccc(Cl)cc1-n1nc(-c2ccc(F)cc2F)c(C#N)c1N. The van der Waals surface area contributed by atoms with Crippen molar-refractivity contribution >= 4 is 17.4 Å². The normalized spacial score (nSPS) is 10.6. The molecule has 2 aromatic carbocycles. The highest BCUT2D eigenvalue weighted by Crippen LogP contribution is 2.32. The van der Waals surface area contributed by atoms with E-state index in [0.29, 0.717) is 10.7 Å². The minimum atomic E-state index is -0.820. The van der Waals surface area contributed by atoms with E-state index in [2.05, 4.69) is 5.10 Å². The second-order valence-electron chi connectivity index (χ2n) is 5.19. The number of aryl methyl sites for hydroxylation is 1. The zero-order valence-corrected chi connectivity index (χ0v) is 13.3. The van der Waals surface area contributed by atoms with Crippen LogP contribution in [0.4, 0.5) is 14.6 Å². The van der Waals surface area contributed by atoms with Gasteiger partial charge in [-0.3, -0.25) is 0 Å². The molecule has 0 radical (unpaired) electrons. The Morgan fingerprint density at radius 1 is 1.21 bits per heavy atom. The first kappa shape index (κ1) is 16.0. The molecule has 1 heterocycles. The number of nitrogen functional groups attached to an aromatic ring is 1. The number of aromatic nitrogens is 2. The molecule has 0 aliphatic heterocycles. The van der Waals surface area contributed by atoms with E-state index in [4.69, 9.17) is 17.3 Å². The molecule has 0 aliphatic rings. The molecular weight excluding hydrogens is 334 g/mol. The molecule has 0 saturated carbocycles. The van der Waals surface area contributed by atoms with Crippen molar-refractivity contribution in [1.29, 1.82) is 5.26 Å². The molecule has 1 aromatic heterocycles. The molecule has 0 saturated heterocycles. The fourth-order valence-corrected chi connectivity index (χ4v) is 2.57. The van der Waals surface area contributed by atoms with Crippen LogP contribution in [-0.4, -0.2) is 9.78 Å². The van der Waals surface area contributed by atoms with Crippen LogP contribution in [0.2, 0.25) is 5.02 Å². The van der Waals surface area contributed by atoms with Gasteiger partial charge in [-0.25, -0.2) is 13.5 Å². The van der Waals surface area contributed by atoms with Crippen LogP contribution in [-0.2, 0) is 0 Å². The van der Waals surface area contributed by atoms with E-state index < -0.39 is 11.6 Å². The number of hydrogen-bond acceptors (Lipinski definition) is 3. The maximum absolute atomic E-state index is 14.1. The third kappa shape index (κ3) is 2.59. The lowest BCUT2D eigenvalue weighted by Gasteiger charge is -2.08. The fraction of sp³-hybridized carbons (Fsp3) is 0.0588. The first-order valence-corrected chi connectivity index (χ1v) is 7.30. The summed E-state index contributed by atoms with van der Waals surface area (Å²) in [5, 5.41) is 14.1. The average molecular weight is 345 g/mol. The van der Waals surface area contributed by atoms with Crippen LogP contribution >= 0.6 is 11.6 Å². The number of nitriles is 1. The van der Waals surface area contributed by atoms with Gasteiger partial charge in [0.1, 0.15) is 34.8 Å². The number of nitrogens with two attached hydrogens (primary N) is 1. The summed E-state index contributed by atoms with van der Waals surface area (Å²) in [4.78, 5) is 0. The summed E-state index contributed by atoms with van der Waals surface area (Å²) in [5.41, 5.74) is 7.48. The van der Waals surface area contributed by atoms with Crippen molar-refractivity contribution in [3.63, 3.8) is 0 Å². The van der Waals surface area contributed by atoms with Gasteiger partial charge in [-0.05, 0) is 36.8 Å². The lowest BCUT2D eigenvalue weighted by Crippen LogP contribution is -2.04. The lowest BCUT2D eigenvalue weighted by atomic mass is 10.1. The molecule has 0 aliphatic carbocycles. The van der Waals surface area contributed by atoms with Crippen molar-refractivity contribution in [2.45, 2.75) is 6.92 Å². The Labute approximate surface area is 141 Å². The van der Waals surface area contributed by atoms with Gasteiger partial charge in [0.15, 0.2) is 0 Å². The number of halogens is 3. The molecule has 0 atom stereocenters. The molecule has 3 aromatic rings. The fourth-order valence-electron chi connectivity index (χ4n) is 2.41. The van der Waals surface area contributed by atoms with Gasteiger partial charge in [-0.15, -0.1) is 0 Å². The first-order valence-electron chi connectivity index (χ1n) is 6.93. The van der Waals surface area contributed by atoms with Crippen molar-refractivity contribution in [3.8, 4) is 23.0 Å². The van der Waals surface area contributed by atoms with Crippen LogP contribution in [0, 0.1) is 29.9 Å². The van der Waals surface area contributed by atoms with Crippen molar-refractivity contribution in [2.24, 2.45) is 0 Å². The van der Waals surface area contributed by atoms with E-state index in [1.165, 1.54) is 10.7 Å². The van der Waals surface area contributed by atoms with Gasteiger partial charge >= 0.3 is 0 Å². The smallest absolute Gasteiger partial charge is 0.145 e. The molecule has 0 fully saturated rings. The van der Waals surface area contributed by atoms with Gasteiger partial charge in [0, 0.05) is 16.7 Å². The minimum Gasteiger partial charge on any atom is -0.382 e. The van der Waals surface area contributed by atoms with Gasteiger partial charge in [0.2, 0.25) is 0 Å². The van der Waals surface area contributed by atoms with Crippen LogP contribution in [0.3, 0.4) is 0 Å². The van der Waals surface area contributed by atoms with Gasteiger partial charge in [-0.1, -0.05) is 17.7 Å². The van der Waals surface area contributed by atoms with Crippen LogP contribution in [0.5, 0.6) is 0 Å². The Morgan fingerprint density at radius 3 is 2.62 bits per heavy atom. The number of nitrogens with zero attached hydrogens (tertiary/aromatic N) is 3. The molecular formula is C17H11ClF2N4. The second-order valence-corrected chi connectivity index (χ2v) is 5.62. The monoisotopic (exact) mass is 344 g/mol. The topological polar surface area (TPSA) is 67.6 Å². The molecule has 3 rings (SSSR count). The van der Waals surface area contributed by atoms with E-state index in [-0.39, 0.29) is 22.6 Å². The van der Waals surface area contributed by atoms with Crippen molar-refractivity contribution < 1.29 is 8.78 Å². The number of hydrogen-bond donors (Lipinski definition) is 1. The number of benzene rings is 2. The Hall–Kier alpha value is -2.91. The Balaban J connectivity index is 2.27. The maximum atomic E-state index is 14.1. The third-order valence-electron chi connectivity index (χ3n) is 3.62. The quantitative estimate of drug-likeness (QED) is 0.756. The molecule has 4 nitrogen and oxygen atoms in total. The molecule has 0 bridgehead atoms. The van der Waals surface area contributed by atoms with E-state index in [1.807, 2.05) is 13.0 Å². The van der Waals surface area contributed by atoms with Crippen LogP contribution in [0.25, 0.3) is 16.9 Å². The van der Waals surface area contributed by atoms with Crippen molar-refractivity contribution in [2.75, 3.05) is 5.73 Å². The number of rotatable bonds is 2. The highest BCUT2D eigenvalue weighted by atomic mass is 35.5. The summed E-state index contributed by atoms with van der Waals surface area (Å²) in [6, 6.07) is 10.1. The summed E-state index contributed by atoms with van der Waals surface area (Å²) in [5.74, 6) is -1.48. The van der Waals surface area contributed by atoms with E-state index >= 15 is 0 Å². The molecule has 0 amide bonds. The Morgan fingerprint density at radius 2 is 1.96 bits per heavy atom. The Kier molecular flexibility index (Phi) is 3.96. The standard InChI is InChI=1S/C17H11ClF2N4/c1-9-2-3-10(18)6-15(9)24-17(22)13(8-21)16(23-24)12-5-4-11(19)7-14(12)20/h2-7H,22H2,1H3. The van der Waals surface area contributed by atoms with Crippen molar-refractivity contribution in [3.05, 3.63) is 64.2 Å². The third-order valence-corrected chi connectivity index (χ3v) is 3.85. The predicted molar refractivity (Wildman–Crippen MR) is 87.8 cm³/mol. The van der Waals surface area contributed by atoms with Crippen molar-refractivity contribution in [1.82, 2.24) is 9.78 Å². The molecule has 24 heavy (non-hydrogen) atoms. The minimum absolute atomic E-state index is 0.00178. The zero-order chi connectivity index (χ0) is 17.4. The molecule has 2 N–H and O–H groups in total. The lowest BCUT2D eigenvalue weighted by molar-refractivity contribution is 0.585. The number of anilines is 1. The first-order chi connectivity index (χ1) is 11.4. The second kappa shape index (κ2) is 5.95. The highest BCUT2D eigenvalue weighted by molar-refractivity contribution is 6.30. The summed E-state index contributed by atoms with van der Waals surface area (Å²) in [6.45, 7) is 1.83. The summed E-state index contributed by atoms with van der Waals surface area (Å²) < 4.78 is 28.5. The summed E-state index contributed by atoms with van der Waals surface area (Å²) in [6.07, 6.45) is 0. The molecule has 0 spiro atoms. The van der Waals surface area contributed by atoms with Crippen LogP contribution in [0.15, 0.2) is 36.4 Å². The van der Waals surface area contributed by atoms with Crippen LogP contribution < -0.4 is 5.73 Å². The summed E-state index contributed by atoms with van der Waals surface area (Å²) >= 11 is 6.01. The molecule has 120 valence electrons. The highest BCUT2D eigenvalue weighted by Gasteiger charge is 2.21. The van der Waals surface area contributed by atoms with E-state index in [1.54, 1.807) is 18.2 Å². The zero-order valence-electron chi connectivity index (χ0n) is 12.5. The average Bonchev–Trinajstić information content (AvgIpc) is 2.86. The predicted octanol–water partition coefficient (Wildman–Crippen LogP) is 4.23. The molecule has 0 unspecified atom stereocenters. The van der Waals surface area contributed by atoms with Gasteiger partial charge in [-0.2, -0.15) is 10.4 Å². The molecule has 7 heteroatoms. The van der Waals surface area contributed by atoms with E-state index in [0.717, 1.165) is 17.7 Å². The largest absolute Gasteiger partial charge is 0.382 e. The Bertz CT molecular complexity index is 989. The van der Waals surface area contributed by atoms with Gasteiger partial charge in [0.05, 0.1) is 5.69 Å². The van der Waals surface area contributed by atoms with Crippen LogP contribution in [0.1, 0.15) is 11.1 Å².